The summed E-state index contributed by atoms with van der Waals surface area (Å²) in [4.78, 5) is 31.8. The number of rotatable bonds is 6. The van der Waals surface area contributed by atoms with E-state index in [0.29, 0.717) is 26.8 Å². The third-order valence-corrected chi connectivity index (χ3v) is 7.79. The number of hydrogen-bond acceptors (Lipinski definition) is 8. The van der Waals surface area contributed by atoms with Gasteiger partial charge in [-0.25, -0.2) is 4.39 Å². The van der Waals surface area contributed by atoms with Crippen molar-refractivity contribution in [1.82, 2.24) is 15.2 Å². The van der Waals surface area contributed by atoms with Gasteiger partial charge in [0.1, 0.15) is 11.6 Å². The smallest absolute Gasteiger partial charge is 0.301 e. The Morgan fingerprint density at radius 3 is 2.58 bits per heavy atom. The number of ketones is 1. The lowest BCUT2D eigenvalue weighted by atomic mass is 9.96. The van der Waals surface area contributed by atoms with Crippen LogP contribution in [0.3, 0.4) is 0 Å². The molecule has 0 spiro atoms. The fourth-order valence-electron chi connectivity index (χ4n) is 3.86. The predicted octanol–water partition coefficient (Wildman–Crippen LogP) is 5.30. The van der Waals surface area contributed by atoms with Crippen LogP contribution < -0.4 is 4.90 Å². The molecule has 1 amide bonds. The van der Waals surface area contributed by atoms with Gasteiger partial charge in [-0.15, -0.1) is 10.2 Å². The van der Waals surface area contributed by atoms with Gasteiger partial charge in [0.2, 0.25) is 5.13 Å². The summed E-state index contributed by atoms with van der Waals surface area (Å²) in [5.74, 6) is -1.90. The molecule has 2 aromatic heterocycles. The van der Waals surface area contributed by atoms with E-state index in [4.69, 9.17) is 0 Å². The van der Waals surface area contributed by atoms with Crippen molar-refractivity contribution in [2.75, 3.05) is 4.90 Å². The topological polar surface area (TPSA) is 96.3 Å². The summed E-state index contributed by atoms with van der Waals surface area (Å²) in [7, 11) is 0. The Bertz CT molecular complexity index is 1470. The number of aliphatic hydroxyl groups is 1. The third-order valence-electron chi connectivity index (χ3n) is 5.68. The summed E-state index contributed by atoms with van der Waals surface area (Å²) in [5, 5.41) is 19.6. The van der Waals surface area contributed by atoms with Gasteiger partial charge in [0.05, 0.1) is 11.6 Å². The molecule has 1 N–H and O–H groups in total. The number of amides is 1. The summed E-state index contributed by atoms with van der Waals surface area (Å²) in [6, 6.07) is 16.0. The summed E-state index contributed by atoms with van der Waals surface area (Å²) < 4.78 is 14.5. The second kappa shape index (κ2) is 10.00. The molecule has 2 aromatic carbocycles. The normalized spacial score (nSPS) is 17.1. The highest BCUT2D eigenvalue weighted by Crippen LogP contribution is 2.43. The Morgan fingerprint density at radius 2 is 1.86 bits per heavy atom. The van der Waals surface area contributed by atoms with Crippen molar-refractivity contribution in [2.45, 2.75) is 23.1 Å². The van der Waals surface area contributed by atoms with Crippen molar-refractivity contribution < 1.29 is 19.1 Å². The van der Waals surface area contributed by atoms with Crippen molar-refractivity contribution in [3.63, 3.8) is 0 Å². The zero-order chi connectivity index (χ0) is 25.2. The first kappa shape index (κ1) is 23.8. The van der Waals surface area contributed by atoms with Crippen molar-refractivity contribution >= 4 is 45.7 Å². The molecule has 4 aromatic rings. The van der Waals surface area contributed by atoms with Crippen molar-refractivity contribution in [1.29, 1.82) is 0 Å². The molecule has 1 atom stereocenters. The molecule has 0 bridgehead atoms. The van der Waals surface area contributed by atoms with E-state index in [1.165, 1.54) is 22.7 Å². The first-order valence-electron chi connectivity index (χ1n) is 10.9. The molecule has 0 radical (unpaired) electrons. The Hall–Kier alpha value is -3.89. The number of anilines is 1. The molecule has 0 saturated carbocycles. The average molecular weight is 519 g/mol. The maximum atomic E-state index is 14.0. The number of Topliss-reactive ketones (excluding diaryl/α,β-unsaturated/α-hetero) is 1. The minimum Gasteiger partial charge on any atom is -0.507 e. The Morgan fingerprint density at radius 1 is 1.08 bits per heavy atom. The second-order valence-electron chi connectivity index (χ2n) is 8.05. The van der Waals surface area contributed by atoms with E-state index in [9.17, 15) is 19.1 Å². The van der Waals surface area contributed by atoms with E-state index in [-0.39, 0.29) is 22.3 Å². The fraction of sp³-hybridized carbons (Fsp3) is 0.115. The standard InChI is InChI=1S/C26H19FN4O3S2/c1-15-8-10-16(11-9-15)22(32)20-21(17-6-4-12-28-13-17)31(24(34)23(20)33)25-29-30-26(36-25)35-14-18-5-2-3-7-19(18)27/h2-13,21,32H,14H2,1H3/b22-20-. The number of hydrogen-bond donors (Lipinski definition) is 1. The molecule has 180 valence electrons. The maximum absolute atomic E-state index is 14.0. The molecule has 10 heteroatoms. The number of nitrogens with zero attached hydrogens (tertiary/aromatic N) is 4. The number of benzene rings is 2. The van der Waals surface area contributed by atoms with E-state index in [0.717, 1.165) is 16.9 Å². The highest BCUT2D eigenvalue weighted by atomic mass is 32.2. The number of carbonyl (C=O) groups excluding carboxylic acids is 2. The highest BCUT2D eigenvalue weighted by molar-refractivity contribution is 8.00. The van der Waals surface area contributed by atoms with Gasteiger partial charge in [-0.2, -0.15) is 0 Å². The zero-order valence-corrected chi connectivity index (χ0v) is 20.6. The first-order chi connectivity index (χ1) is 17.4. The Labute approximate surface area is 214 Å². The summed E-state index contributed by atoms with van der Waals surface area (Å²) in [6.07, 6.45) is 3.12. The fourth-order valence-corrected chi connectivity index (χ4v) is 5.72. The molecule has 36 heavy (non-hydrogen) atoms. The van der Waals surface area contributed by atoms with Crippen LogP contribution in [0, 0.1) is 12.7 Å². The summed E-state index contributed by atoms with van der Waals surface area (Å²) >= 11 is 2.40. The number of carbonyl (C=O) groups is 2. The molecule has 1 unspecified atom stereocenters. The van der Waals surface area contributed by atoms with Gasteiger partial charge in [0.25, 0.3) is 5.78 Å². The van der Waals surface area contributed by atoms with Crippen LogP contribution >= 0.6 is 23.1 Å². The summed E-state index contributed by atoms with van der Waals surface area (Å²) in [5.41, 5.74) is 2.43. The van der Waals surface area contributed by atoms with Crippen molar-refractivity contribution in [3.8, 4) is 0 Å². The van der Waals surface area contributed by atoms with Crippen LogP contribution in [-0.2, 0) is 15.3 Å². The maximum Gasteiger partial charge on any atom is 0.301 e. The molecule has 1 aliphatic heterocycles. The van der Waals surface area contributed by atoms with Gasteiger partial charge in [-0.05, 0) is 30.2 Å². The minimum atomic E-state index is -0.933. The SMILES string of the molecule is Cc1ccc(/C(O)=C2/C(=O)C(=O)N(c3nnc(SCc4ccccc4F)s3)C2c2cccnc2)cc1. The van der Waals surface area contributed by atoms with Crippen molar-refractivity contribution in [2.24, 2.45) is 0 Å². The predicted molar refractivity (Wildman–Crippen MR) is 136 cm³/mol. The van der Waals surface area contributed by atoms with Gasteiger partial charge >= 0.3 is 5.91 Å². The molecule has 7 nitrogen and oxygen atoms in total. The molecular formula is C26H19FN4O3S2. The second-order valence-corrected chi connectivity index (χ2v) is 10.2. The van der Waals surface area contributed by atoms with Crippen LogP contribution in [0.25, 0.3) is 5.76 Å². The van der Waals surface area contributed by atoms with Gasteiger partial charge in [0.15, 0.2) is 4.34 Å². The Kier molecular flexibility index (Phi) is 6.62. The zero-order valence-electron chi connectivity index (χ0n) is 19.0. The van der Waals surface area contributed by atoms with E-state index in [1.807, 2.05) is 19.1 Å². The minimum absolute atomic E-state index is 0.0485. The van der Waals surface area contributed by atoms with Gasteiger partial charge in [0, 0.05) is 23.7 Å². The largest absolute Gasteiger partial charge is 0.507 e. The lowest BCUT2D eigenvalue weighted by molar-refractivity contribution is -0.132. The first-order valence-corrected chi connectivity index (χ1v) is 12.7. The average Bonchev–Trinajstić information content (AvgIpc) is 3.46. The Balaban J connectivity index is 1.53. The van der Waals surface area contributed by atoms with E-state index in [2.05, 4.69) is 15.2 Å². The van der Waals surface area contributed by atoms with Gasteiger partial charge in [-0.1, -0.05) is 77.2 Å². The molecule has 5 rings (SSSR count). The number of pyridine rings is 1. The van der Waals surface area contributed by atoms with Gasteiger partial charge in [-0.3, -0.25) is 19.5 Å². The number of aliphatic hydroxyl groups excluding tert-OH is 1. The van der Waals surface area contributed by atoms with Crippen LogP contribution in [0.5, 0.6) is 0 Å². The molecule has 3 heterocycles. The van der Waals surface area contributed by atoms with Crippen LogP contribution in [-0.4, -0.2) is 32.0 Å². The number of aryl methyl sites for hydroxylation is 1. The third kappa shape index (κ3) is 4.52. The number of halogens is 1. The summed E-state index contributed by atoms with van der Waals surface area (Å²) in [6.45, 7) is 1.91. The van der Waals surface area contributed by atoms with Crippen LogP contribution in [0.2, 0.25) is 0 Å². The lowest BCUT2D eigenvalue weighted by Gasteiger charge is -2.22. The highest BCUT2D eigenvalue weighted by Gasteiger charge is 2.48. The monoisotopic (exact) mass is 518 g/mol. The van der Waals surface area contributed by atoms with Crippen molar-refractivity contribution in [3.05, 3.63) is 107 Å². The van der Waals surface area contributed by atoms with E-state index < -0.39 is 17.7 Å². The number of aromatic nitrogens is 3. The van der Waals surface area contributed by atoms with Crippen LogP contribution in [0.15, 0.2) is 83.0 Å². The van der Waals surface area contributed by atoms with Crippen LogP contribution in [0.4, 0.5) is 9.52 Å². The molecule has 1 saturated heterocycles. The molecule has 1 fully saturated rings. The van der Waals surface area contributed by atoms with E-state index >= 15 is 0 Å². The van der Waals surface area contributed by atoms with Crippen LogP contribution in [0.1, 0.15) is 28.3 Å². The van der Waals surface area contributed by atoms with E-state index in [1.54, 1.807) is 54.9 Å². The van der Waals surface area contributed by atoms with Gasteiger partial charge < -0.3 is 5.11 Å². The number of thioether (sulfide) groups is 1. The lowest BCUT2D eigenvalue weighted by Crippen LogP contribution is -2.29. The quantitative estimate of drug-likeness (QED) is 0.122. The molecule has 0 aliphatic carbocycles. The molecule has 1 aliphatic rings. The molecular weight excluding hydrogens is 499 g/mol.